The van der Waals surface area contributed by atoms with Crippen LogP contribution in [0.2, 0.25) is 0 Å². The molecule has 6 heteroatoms. The van der Waals surface area contributed by atoms with Crippen molar-refractivity contribution < 1.29 is 9.47 Å². The molecule has 1 aromatic heterocycles. The molecular formula is C23H34N4O2. The predicted octanol–water partition coefficient (Wildman–Crippen LogP) is 4.88. The Labute approximate surface area is 174 Å². The molecule has 2 aromatic rings. The number of aryl methyl sites for hydroxylation is 1. The summed E-state index contributed by atoms with van der Waals surface area (Å²) in [6.07, 6.45) is 3.96. The van der Waals surface area contributed by atoms with Gasteiger partial charge in [0, 0.05) is 37.5 Å². The lowest BCUT2D eigenvalue weighted by Gasteiger charge is -2.24. The molecule has 1 heterocycles. The molecule has 0 atom stereocenters. The SMILES string of the molecule is CCCN(CCC)c1cc(N/N=C/c2cccc(C)c2)nc(OCCOCC)c1. The predicted molar refractivity (Wildman–Crippen MR) is 121 cm³/mol. The first-order valence-corrected chi connectivity index (χ1v) is 10.5. The van der Waals surface area contributed by atoms with Crippen molar-refractivity contribution in [1.82, 2.24) is 4.98 Å². The van der Waals surface area contributed by atoms with Gasteiger partial charge < -0.3 is 14.4 Å². The standard InChI is InChI=1S/C23H34N4O2/c1-5-11-27(12-6-2)21-16-22(25-23(17-21)29-14-13-28-7-3)26-24-18-20-10-8-9-19(4)15-20/h8-10,15-18H,5-7,11-14H2,1-4H3,(H,25,26)/b24-18+. The Kier molecular flexibility index (Phi) is 10.00. The average Bonchev–Trinajstić information content (AvgIpc) is 2.71. The van der Waals surface area contributed by atoms with Gasteiger partial charge in [-0.25, -0.2) is 0 Å². The van der Waals surface area contributed by atoms with Gasteiger partial charge in [-0.2, -0.15) is 10.1 Å². The Morgan fingerprint density at radius 1 is 1.07 bits per heavy atom. The summed E-state index contributed by atoms with van der Waals surface area (Å²) in [4.78, 5) is 6.91. The average molecular weight is 399 g/mol. The molecule has 0 bridgehead atoms. The molecule has 0 radical (unpaired) electrons. The second-order valence-corrected chi connectivity index (χ2v) is 6.87. The van der Waals surface area contributed by atoms with Crippen molar-refractivity contribution in [3.63, 3.8) is 0 Å². The number of rotatable bonds is 13. The number of benzene rings is 1. The van der Waals surface area contributed by atoms with Crippen molar-refractivity contribution in [2.75, 3.05) is 43.2 Å². The monoisotopic (exact) mass is 398 g/mol. The van der Waals surface area contributed by atoms with E-state index in [1.165, 1.54) is 5.56 Å². The van der Waals surface area contributed by atoms with E-state index in [1.807, 2.05) is 31.2 Å². The number of nitrogens with one attached hydrogen (secondary N) is 1. The summed E-state index contributed by atoms with van der Waals surface area (Å²) >= 11 is 0. The highest BCUT2D eigenvalue weighted by molar-refractivity contribution is 5.80. The summed E-state index contributed by atoms with van der Waals surface area (Å²) in [6, 6.07) is 12.2. The molecule has 2 rings (SSSR count). The Bertz CT molecular complexity index is 758. The molecule has 1 aromatic carbocycles. The fourth-order valence-electron chi connectivity index (χ4n) is 2.99. The van der Waals surface area contributed by atoms with Crippen molar-refractivity contribution in [2.45, 2.75) is 40.5 Å². The summed E-state index contributed by atoms with van der Waals surface area (Å²) in [5.41, 5.74) is 6.39. The highest BCUT2D eigenvalue weighted by Crippen LogP contribution is 2.24. The van der Waals surface area contributed by atoms with Gasteiger partial charge in [0.05, 0.1) is 12.8 Å². The minimum Gasteiger partial charge on any atom is -0.475 e. The van der Waals surface area contributed by atoms with Crippen molar-refractivity contribution in [3.8, 4) is 5.88 Å². The van der Waals surface area contributed by atoms with Gasteiger partial charge in [0.25, 0.3) is 0 Å². The van der Waals surface area contributed by atoms with Gasteiger partial charge >= 0.3 is 0 Å². The molecule has 0 aliphatic rings. The van der Waals surface area contributed by atoms with Crippen LogP contribution in [0.25, 0.3) is 0 Å². The summed E-state index contributed by atoms with van der Waals surface area (Å²) < 4.78 is 11.2. The summed E-state index contributed by atoms with van der Waals surface area (Å²) in [5, 5.41) is 4.36. The second kappa shape index (κ2) is 12.8. The zero-order chi connectivity index (χ0) is 20.9. The number of nitrogens with zero attached hydrogens (tertiary/aromatic N) is 3. The Hall–Kier alpha value is -2.60. The zero-order valence-electron chi connectivity index (χ0n) is 18.1. The number of hydrazone groups is 1. The van der Waals surface area contributed by atoms with Crippen LogP contribution in [0.5, 0.6) is 5.88 Å². The lowest BCUT2D eigenvalue weighted by molar-refractivity contribution is 0.108. The van der Waals surface area contributed by atoms with Crippen LogP contribution in [0.1, 0.15) is 44.7 Å². The summed E-state index contributed by atoms with van der Waals surface area (Å²) in [5.74, 6) is 1.24. The highest BCUT2D eigenvalue weighted by atomic mass is 16.5. The van der Waals surface area contributed by atoms with Crippen LogP contribution >= 0.6 is 0 Å². The van der Waals surface area contributed by atoms with E-state index in [2.05, 4.69) is 53.3 Å². The second-order valence-electron chi connectivity index (χ2n) is 6.87. The topological polar surface area (TPSA) is 59.0 Å². The van der Waals surface area contributed by atoms with Gasteiger partial charge in [0.15, 0.2) is 5.82 Å². The normalized spacial score (nSPS) is 11.0. The van der Waals surface area contributed by atoms with E-state index >= 15 is 0 Å². The highest BCUT2D eigenvalue weighted by Gasteiger charge is 2.10. The third kappa shape index (κ3) is 8.11. The van der Waals surface area contributed by atoms with Crippen molar-refractivity contribution in [3.05, 3.63) is 47.5 Å². The Balaban J connectivity index is 2.17. The molecule has 0 unspecified atom stereocenters. The van der Waals surface area contributed by atoms with Gasteiger partial charge in [-0.15, -0.1) is 0 Å². The van der Waals surface area contributed by atoms with Gasteiger partial charge in [-0.3, -0.25) is 5.43 Å². The molecule has 0 aliphatic heterocycles. The van der Waals surface area contributed by atoms with Gasteiger partial charge in [-0.05, 0) is 32.3 Å². The number of anilines is 2. The Morgan fingerprint density at radius 2 is 1.86 bits per heavy atom. The molecule has 6 nitrogen and oxygen atoms in total. The first kappa shape index (κ1) is 22.7. The van der Waals surface area contributed by atoms with Gasteiger partial charge in [0.1, 0.15) is 6.61 Å². The smallest absolute Gasteiger partial charge is 0.217 e. The van der Waals surface area contributed by atoms with Crippen LogP contribution in [0.4, 0.5) is 11.5 Å². The van der Waals surface area contributed by atoms with E-state index in [4.69, 9.17) is 9.47 Å². The maximum Gasteiger partial charge on any atom is 0.217 e. The first-order chi connectivity index (χ1) is 14.2. The van der Waals surface area contributed by atoms with E-state index < -0.39 is 0 Å². The number of hydrogen-bond donors (Lipinski definition) is 1. The molecule has 0 saturated heterocycles. The third-order valence-electron chi connectivity index (χ3n) is 4.26. The Morgan fingerprint density at radius 3 is 2.55 bits per heavy atom. The number of hydrogen-bond acceptors (Lipinski definition) is 6. The molecule has 0 aliphatic carbocycles. The van der Waals surface area contributed by atoms with E-state index in [0.717, 1.165) is 37.2 Å². The quantitative estimate of drug-likeness (QED) is 0.296. The van der Waals surface area contributed by atoms with Crippen molar-refractivity contribution in [2.24, 2.45) is 5.10 Å². The summed E-state index contributed by atoms with van der Waals surface area (Å²) in [7, 11) is 0. The molecule has 29 heavy (non-hydrogen) atoms. The fraction of sp³-hybridized carbons (Fsp3) is 0.478. The lowest BCUT2D eigenvalue weighted by Crippen LogP contribution is -2.25. The molecule has 0 amide bonds. The van der Waals surface area contributed by atoms with Gasteiger partial charge in [-0.1, -0.05) is 43.7 Å². The molecule has 0 fully saturated rings. The van der Waals surface area contributed by atoms with Crippen LogP contribution in [-0.4, -0.2) is 44.1 Å². The van der Waals surface area contributed by atoms with E-state index in [1.54, 1.807) is 6.21 Å². The van der Waals surface area contributed by atoms with Crippen LogP contribution in [-0.2, 0) is 4.74 Å². The minimum atomic E-state index is 0.470. The molecule has 1 N–H and O–H groups in total. The maximum absolute atomic E-state index is 5.82. The number of ether oxygens (including phenoxy) is 2. The summed E-state index contributed by atoms with van der Waals surface area (Å²) in [6.45, 7) is 12.1. The van der Waals surface area contributed by atoms with Crippen LogP contribution in [0, 0.1) is 6.92 Å². The largest absolute Gasteiger partial charge is 0.475 e. The third-order valence-corrected chi connectivity index (χ3v) is 4.26. The van der Waals surface area contributed by atoms with Crippen molar-refractivity contribution in [1.29, 1.82) is 0 Å². The maximum atomic E-state index is 5.82. The van der Waals surface area contributed by atoms with Gasteiger partial charge in [0.2, 0.25) is 5.88 Å². The molecule has 158 valence electrons. The van der Waals surface area contributed by atoms with Crippen LogP contribution < -0.4 is 15.1 Å². The van der Waals surface area contributed by atoms with Crippen LogP contribution in [0.15, 0.2) is 41.5 Å². The number of pyridine rings is 1. The van der Waals surface area contributed by atoms with Crippen molar-refractivity contribution >= 4 is 17.7 Å². The van der Waals surface area contributed by atoms with Crippen LogP contribution in [0.3, 0.4) is 0 Å². The van der Waals surface area contributed by atoms with E-state index in [9.17, 15) is 0 Å². The fourth-order valence-corrected chi connectivity index (χ4v) is 2.99. The minimum absolute atomic E-state index is 0.470. The van der Waals surface area contributed by atoms with E-state index in [0.29, 0.717) is 31.5 Å². The lowest BCUT2D eigenvalue weighted by atomic mass is 10.2. The number of aromatic nitrogens is 1. The zero-order valence-corrected chi connectivity index (χ0v) is 18.1. The molecule has 0 spiro atoms. The first-order valence-electron chi connectivity index (χ1n) is 10.5. The molecular weight excluding hydrogens is 364 g/mol. The molecule has 0 saturated carbocycles. The van der Waals surface area contributed by atoms with E-state index in [-0.39, 0.29) is 0 Å².